The zero-order valence-electron chi connectivity index (χ0n) is 36.4. The van der Waals surface area contributed by atoms with Gasteiger partial charge in [-0.1, -0.05) is 86.7 Å². The number of halogens is 2. The topological polar surface area (TPSA) is 221 Å². The fourth-order valence-electron chi connectivity index (χ4n) is 6.75. The number of aryl methyl sites for hydroxylation is 1. The predicted octanol–water partition coefficient (Wildman–Crippen LogP) is 7.59. The number of aromatic nitrogens is 4. The van der Waals surface area contributed by atoms with Crippen molar-refractivity contribution in [2.75, 3.05) is 36.1 Å². The summed E-state index contributed by atoms with van der Waals surface area (Å²) >= 11 is 0. The SMILES string of the molecule is C=C(C)[C@@H]1CCC(C)=C[C@H]1c1c(OC(=O)NCCSSCCCC(=O)n2cc(F)c(=O)[nH]c2=O)cc(CCCCC)cc1OC(=O)NCCSSCCCC(=O)n1cc(F)c(=O)[nH]c1=O. The van der Waals surface area contributed by atoms with Crippen molar-refractivity contribution in [3.05, 3.63) is 113 Å². The first-order valence-electron chi connectivity index (χ1n) is 21.1. The lowest BCUT2D eigenvalue weighted by molar-refractivity contribution is 0.0886. The largest absolute Gasteiger partial charge is 0.412 e. The van der Waals surface area contributed by atoms with Gasteiger partial charge in [0.2, 0.25) is 23.4 Å². The van der Waals surface area contributed by atoms with Crippen molar-refractivity contribution >= 4 is 67.2 Å². The molecule has 4 rings (SSSR count). The molecule has 2 atom stereocenters. The summed E-state index contributed by atoms with van der Waals surface area (Å²) in [4.78, 5) is 101. The molecular formula is C43H54F2N6O10S4. The van der Waals surface area contributed by atoms with E-state index in [-0.39, 0.29) is 49.3 Å². The van der Waals surface area contributed by atoms with E-state index in [9.17, 15) is 47.1 Å². The van der Waals surface area contributed by atoms with Crippen LogP contribution in [0.4, 0.5) is 18.4 Å². The maximum absolute atomic E-state index is 13.6. The molecule has 22 heteroatoms. The van der Waals surface area contributed by atoms with Crippen LogP contribution < -0.4 is 42.6 Å². The first-order chi connectivity index (χ1) is 31.1. The highest BCUT2D eigenvalue weighted by Crippen LogP contribution is 2.47. The van der Waals surface area contributed by atoms with Crippen LogP contribution in [-0.2, 0) is 6.42 Å². The minimum Gasteiger partial charge on any atom is -0.410 e. The van der Waals surface area contributed by atoms with Crippen molar-refractivity contribution in [2.45, 2.75) is 90.9 Å². The monoisotopic (exact) mass is 980 g/mol. The number of nitrogens with one attached hydrogen (secondary N) is 4. The molecule has 0 radical (unpaired) electrons. The Morgan fingerprint density at radius 2 is 1.25 bits per heavy atom. The van der Waals surface area contributed by atoms with Gasteiger partial charge in [0.25, 0.3) is 11.1 Å². The third-order valence-corrected chi connectivity index (χ3v) is 15.0. The number of rotatable bonds is 24. The minimum absolute atomic E-state index is 0.0226. The van der Waals surface area contributed by atoms with Gasteiger partial charge in [0.15, 0.2) is 0 Å². The molecule has 0 bridgehead atoms. The van der Waals surface area contributed by atoms with Crippen molar-refractivity contribution in [1.29, 1.82) is 0 Å². The number of aromatic amines is 2. The molecule has 1 aliphatic carbocycles. The molecule has 1 aliphatic rings. The molecule has 2 amide bonds. The number of allylic oxidation sites excluding steroid dienone is 3. The first-order valence-corrected chi connectivity index (χ1v) is 26.1. The minimum atomic E-state index is -1.23. The van der Waals surface area contributed by atoms with E-state index >= 15 is 0 Å². The number of nitrogens with zero attached hydrogens (tertiary/aromatic N) is 2. The molecule has 1 aromatic carbocycles. The molecule has 0 saturated heterocycles. The van der Waals surface area contributed by atoms with Gasteiger partial charge in [-0.15, -0.1) is 0 Å². The van der Waals surface area contributed by atoms with Gasteiger partial charge in [0, 0.05) is 60.4 Å². The van der Waals surface area contributed by atoms with Crippen LogP contribution in [0, 0.1) is 17.6 Å². The quantitative estimate of drug-likeness (QED) is 0.0386. The number of benzene rings is 1. The number of ether oxygens (including phenoxy) is 2. The molecule has 0 spiro atoms. The van der Waals surface area contributed by atoms with Crippen molar-refractivity contribution in [1.82, 2.24) is 29.7 Å². The first kappa shape index (κ1) is 52.8. The van der Waals surface area contributed by atoms with Crippen LogP contribution >= 0.6 is 43.2 Å². The Hall–Kier alpha value is -4.80. The van der Waals surface area contributed by atoms with Crippen LogP contribution in [0.2, 0.25) is 0 Å². The highest BCUT2D eigenvalue weighted by molar-refractivity contribution is 8.77. The van der Waals surface area contributed by atoms with E-state index < -0.39 is 58.1 Å². The summed E-state index contributed by atoms with van der Waals surface area (Å²) in [6.07, 6.45) is 7.75. The lowest BCUT2D eigenvalue weighted by Crippen LogP contribution is -2.34. The summed E-state index contributed by atoms with van der Waals surface area (Å²) < 4.78 is 40.3. The number of hydrogen-bond donors (Lipinski definition) is 4. The summed E-state index contributed by atoms with van der Waals surface area (Å²) in [5.74, 6) is -1.46. The Kier molecular flexibility index (Phi) is 21.9. The van der Waals surface area contributed by atoms with E-state index in [4.69, 9.17) is 9.47 Å². The number of unbranched alkanes of at least 4 members (excludes halogenated alkanes) is 2. The zero-order valence-corrected chi connectivity index (χ0v) is 39.7. The number of hydrogen-bond acceptors (Lipinski definition) is 14. The van der Waals surface area contributed by atoms with Gasteiger partial charge in [0.1, 0.15) is 11.5 Å². The van der Waals surface area contributed by atoms with Crippen LogP contribution in [0.5, 0.6) is 11.5 Å². The van der Waals surface area contributed by atoms with E-state index in [1.54, 1.807) is 9.97 Å². The fraction of sp³-hybridized carbons (Fsp3) is 0.488. The average Bonchev–Trinajstić information content (AvgIpc) is 3.25. The van der Waals surface area contributed by atoms with Crippen molar-refractivity contribution in [2.24, 2.45) is 5.92 Å². The number of carbonyl (C=O) groups is 4. The molecule has 2 aromatic heterocycles. The van der Waals surface area contributed by atoms with Gasteiger partial charge in [-0.05, 0) is 76.0 Å². The van der Waals surface area contributed by atoms with Gasteiger partial charge >= 0.3 is 23.6 Å². The lowest BCUT2D eigenvalue weighted by Gasteiger charge is -2.32. The van der Waals surface area contributed by atoms with Gasteiger partial charge in [0.05, 0.1) is 12.4 Å². The van der Waals surface area contributed by atoms with Crippen LogP contribution in [0.15, 0.2) is 67.5 Å². The third-order valence-electron chi connectivity index (χ3n) is 10.00. The standard InChI is InChI=1S/C43H54F2N6O10S4/c1-5-6-7-10-28-22-33(60-42(58)46-15-19-64-62-17-8-11-35(52)50-24-31(44)38(54)48-40(50)56)37(30-21-27(4)13-14-29(30)26(2)3)34(23-28)61-43(59)47-16-20-65-63-18-9-12-36(53)51-25-32(45)39(55)49-41(51)57/h21-25,29-30H,2,5-20H2,1,3-4H3,(H,46,58)(H,47,59)(H,48,54,56)(H,49,55,57)/t29-,30+/m0/s1. The number of carbonyl (C=O) groups excluding carboxylic acids is 4. The van der Waals surface area contributed by atoms with Crippen molar-refractivity contribution < 1.29 is 37.4 Å². The van der Waals surface area contributed by atoms with Gasteiger partial charge in [-0.3, -0.25) is 29.1 Å². The molecular weight excluding hydrogens is 927 g/mol. The Balaban J connectivity index is 1.35. The summed E-state index contributed by atoms with van der Waals surface area (Å²) in [6.45, 7) is 10.8. The van der Waals surface area contributed by atoms with E-state index in [2.05, 4.69) is 30.2 Å². The molecule has 4 N–H and O–H groups in total. The fourth-order valence-corrected chi connectivity index (χ4v) is 10.7. The molecule has 354 valence electrons. The molecule has 65 heavy (non-hydrogen) atoms. The van der Waals surface area contributed by atoms with E-state index in [1.165, 1.54) is 43.2 Å². The molecule has 2 heterocycles. The summed E-state index contributed by atoms with van der Waals surface area (Å²) in [6, 6.07) is 3.67. The third kappa shape index (κ3) is 16.9. The van der Waals surface area contributed by atoms with Gasteiger partial charge in [-0.25, -0.2) is 28.3 Å². The average molecular weight is 981 g/mol. The molecule has 0 saturated carbocycles. The normalized spacial score (nSPS) is 14.6. The van der Waals surface area contributed by atoms with E-state index in [0.717, 1.165) is 48.8 Å². The predicted molar refractivity (Wildman–Crippen MR) is 254 cm³/mol. The van der Waals surface area contributed by atoms with Gasteiger partial charge in [-0.2, -0.15) is 8.78 Å². The van der Waals surface area contributed by atoms with Gasteiger partial charge < -0.3 is 20.1 Å². The second-order valence-corrected chi connectivity index (χ2v) is 20.5. The van der Waals surface area contributed by atoms with Crippen LogP contribution in [0.1, 0.15) is 105 Å². The van der Waals surface area contributed by atoms with E-state index in [0.29, 0.717) is 69.4 Å². The second kappa shape index (κ2) is 27.0. The maximum Gasteiger partial charge on any atom is 0.412 e. The number of H-pyrrole nitrogens is 2. The van der Waals surface area contributed by atoms with E-state index in [1.807, 2.05) is 26.0 Å². The van der Waals surface area contributed by atoms with Crippen molar-refractivity contribution in [3.8, 4) is 11.5 Å². The Morgan fingerprint density at radius 1 is 0.769 bits per heavy atom. The highest BCUT2D eigenvalue weighted by Gasteiger charge is 2.33. The van der Waals surface area contributed by atoms with Crippen LogP contribution in [-0.4, -0.2) is 79.2 Å². The Morgan fingerprint density at radius 3 is 1.71 bits per heavy atom. The Labute approximate surface area is 389 Å². The molecule has 16 nitrogen and oxygen atoms in total. The molecule has 0 aliphatic heterocycles. The molecule has 0 unspecified atom stereocenters. The molecule has 0 fully saturated rings. The zero-order chi connectivity index (χ0) is 47.5. The van der Waals surface area contributed by atoms with Crippen LogP contribution in [0.3, 0.4) is 0 Å². The summed E-state index contributed by atoms with van der Waals surface area (Å²) in [7, 11) is 5.82. The second-order valence-electron chi connectivity index (χ2n) is 15.1. The summed E-state index contributed by atoms with van der Waals surface area (Å²) in [5, 5.41) is 5.58. The Bertz CT molecular complexity index is 2320. The smallest absolute Gasteiger partial charge is 0.410 e. The van der Waals surface area contributed by atoms with Crippen LogP contribution in [0.25, 0.3) is 0 Å². The maximum atomic E-state index is 13.6. The molecule has 3 aromatic rings. The summed E-state index contributed by atoms with van der Waals surface area (Å²) in [5.41, 5.74) is -0.914. The highest BCUT2D eigenvalue weighted by atomic mass is 33.1. The lowest BCUT2D eigenvalue weighted by atomic mass is 9.73. The van der Waals surface area contributed by atoms with Crippen molar-refractivity contribution in [3.63, 3.8) is 0 Å². The number of amides is 2.